The second-order valence-corrected chi connectivity index (χ2v) is 3.40. The molecule has 84 valence electrons. The number of anilines is 2. The van der Waals surface area contributed by atoms with Crippen molar-refractivity contribution in [1.82, 2.24) is 0 Å². The minimum Gasteiger partial charge on any atom is -0.507 e. The van der Waals surface area contributed by atoms with Crippen LogP contribution < -0.4 is 11.5 Å². The largest absolute Gasteiger partial charge is 0.507 e. The Labute approximate surface area is 100 Å². The molecular weight excluding hydrogens is 224 g/mol. The Morgan fingerprint density at radius 1 is 0.875 bits per heavy atom. The fourth-order valence-electron chi connectivity index (χ4n) is 1.50. The Bertz CT molecular complexity index is 500. The van der Waals surface area contributed by atoms with Crippen LogP contribution in [0.2, 0.25) is 0 Å². The molecule has 0 aliphatic heterocycles. The molecule has 0 heterocycles. The monoisotopic (exact) mass is 236 g/mol. The van der Waals surface area contributed by atoms with Crippen LogP contribution in [-0.2, 0) is 0 Å². The maximum absolute atomic E-state index is 9.71. The first-order valence-corrected chi connectivity index (χ1v) is 4.61. The lowest BCUT2D eigenvalue weighted by Crippen LogP contribution is -1.87. The van der Waals surface area contributed by atoms with Crippen molar-refractivity contribution in [3.63, 3.8) is 0 Å². The number of nitrogen functional groups attached to an aromatic ring is 2. The van der Waals surface area contributed by atoms with Crippen molar-refractivity contribution in [3.8, 4) is 16.9 Å². The van der Waals surface area contributed by atoms with Crippen LogP contribution in [0.3, 0.4) is 0 Å². The van der Waals surface area contributed by atoms with E-state index in [0.717, 1.165) is 11.1 Å². The van der Waals surface area contributed by atoms with Crippen molar-refractivity contribution < 1.29 is 5.11 Å². The third-order valence-electron chi connectivity index (χ3n) is 2.22. The van der Waals surface area contributed by atoms with Crippen LogP contribution in [0, 0.1) is 0 Å². The molecule has 0 amide bonds. The summed E-state index contributed by atoms with van der Waals surface area (Å²) in [4.78, 5) is 0. The smallest absolute Gasteiger partial charge is 0.125 e. The Morgan fingerprint density at radius 3 is 2.19 bits per heavy atom. The van der Waals surface area contributed by atoms with Gasteiger partial charge in [0.2, 0.25) is 0 Å². The predicted molar refractivity (Wildman–Crippen MR) is 69.6 cm³/mol. The van der Waals surface area contributed by atoms with Crippen molar-refractivity contribution in [2.75, 3.05) is 11.5 Å². The molecule has 16 heavy (non-hydrogen) atoms. The van der Waals surface area contributed by atoms with Gasteiger partial charge in [-0.05, 0) is 29.8 Å². The third kappa shape index (κ3) is 2.38. The molecule has 0 radical (unpaired) electrons. The standard InChI is InChI=1S/C12H12N2O.ClH/c13-9-3-1-2-8(6-9)11-5-4-10(14)7-12(11)15;/h1-7,15H,13-14H2;1H. The summed E-state index contributed by atoms with van der Waals surface area (Å²) in [5.74, 6) is 0.167. The summed E-state index contributed by atoms with van der Waals surface area (Å²) in [7, 11) is 0. The number of phenols is 1. The van der Waals surface area contributed by atoms with Gasteiger partial charge in [-0.15, -0.1) is 12.4 Å². The van der Waals surface area contributed by atoms with Crippen molar-refractivity contribution in [2.45, 2.75) is 0 Å². The van der Waals surface area contributed by atoms with Gasteiger partial charge >= 0.3 is 0 Å². The fraction of sp³-hybridized carbons (Fsp3) is 0. The van der Waals surface area contributed by atoms with Crippen molar-refractivity contribution in [3.05, 3.63) is 42.5 Å². The molecule has 0 saturated heterocycles. The second kappa shape index (κ2) is 4.77. The van der Waals surface area contributed by atoms with Gasteiger partial charge < -0.3 is 16.6 Å². The number of hydrogen-bond donors (Lipinski definition) is 3. The highest BCUT2D eigenvalue weighted by Crippen LogP contribution is 2.31. The van der Waals surface area contributed by atoms with Gasteiger partial charge in [-0.2, -0.15) is 0 Å². The molecule has 0 saturated carbocycles. The summed E-state index contributed by atoms with van der Waals surface area (Å²) in [6.07, 6.45) is 0. The number of hydrogen-bond acceptors (Lipinski definition) is 3. The molecule has 0 unspecified atom stereocenters. The molecule has 0 aromatic heterocycles. The zero-order valence-corrected chi connectivity index (χ0v) is 9.37. The van der Waals surface area contributed by atoms with E-state index in [1.807, 2.05) is 18.2 Å². The van der Waals surface area contributed by atoms with E-state index >= 15 is 0 Å². The molecule has 0 aliphatic carbocycles. The van der Waals surface area contributed by atoms with Crippen LogP contribution in [0.1, 0.15) is 0 Å². The van der Waals surface area contributed by atoms with Crippen LogP contribution in [0.15, 0.2) is 42.5 Å². The predicted octanol–water partition coefficient (Wildman–Crippen LogP) is 2.65. The van der Waals surface area contributed by atoms with Crippen LogP contribution in [0.4, 0.5) is 11.4 Å². The maximum Gasteiger partial charge on any atom is 0.125 e. The molecule has 2 rings (SSSR count). The first-order valence-electron chi connectivity index (χ1n) is 4.61. The number of halogens is 1. The molecule has 0 fully saturated rings. The molecule has 3 nitrogen and oxygen atoms in total. The van der Waals surface area contributed by atoms with E-state index < -0.39 is 0 Å². The van der Waals surface area contributed by atoms with Crippen LogP contribution in [0.25, 0.3) is 11.1 Å². The SMILES string of the molecule is Cl.Nc1cccc(-c2ccc(N)cc2O)c1. The van der Waals surface area contributed by atoms with Gasteiger partial charge in [0.25, 0.3) is 0 Å². The van der Waals surface area contributed by atoms with E-state index in [-0.39, 0.29) is 18.2 Å². The average molecular weight is 237 g/mol. The van der Waals surface area contributed by atoms with Crippen LogP contribution in [-0.4, -0.2) is 5.11 Å². The lowest BCUT2D eigenvalue weighted by Gasteiger charge is -2.06. The third-order valence-corrected chi connectivity index (χ3v) is 2.22. The zero-order valence-electron chi connectivity index (χ0n) is 8.55. The summed E-state index contributed by atoms with van der Waals surface area (Å²) >= 11 is 0. The Kier molecular flexibility index (Phi) is 3.64. The molecule has 0 atom stereocenters. The maximum atomic E-state index is 9.71. The molecule has 2 aromatic rings. The summed E-state index contributed by atoms with van der Waals surface area (Å²) < 4.78 is 0. The molecule has 4 heteroatoms. The van der Waals surface area contributed by atoms with Gasteiger partial charge in [0.15, 0.2) is 0 Å². The summed E-state index contributed by atoms with van der Waals surface area (Å²) in [6, 6.07) is 12.4. The van der Waals surface area contributed by atoms with E-state index in [4.69, 9.17) is 11.5 Å². The molecule has 0 aliphatic rings. The molecule has 0 bridgehead atoms. The van der Waals surface area contributed by atoms with Gasteiger partial charge in [-0.3, -0.25) is 0 Å². The van der Waals surface area contributed by atoms with Gasteiger partial charge in [-0.25, -0.2) is 0 Å². The first-order chi connectivity index (χ1) is 7.16. The van der Waals surface area contributed by atoms with Gasteiger partial charge in [0.1, 0.15) is 5.75 Å². The van der Waals surface area contributed by atoms with Crippen molar-refractivity contribution >= 4 is 23.8 Å². The molecular formula is C12H13ClN2O. The first kappa shape index (κ1) is 12.2. The normalized spacial score (nSPS) is 9.50. The number of aromatic hydroxyl groups is 1. The lowest BCUT2D eigenvalue weighted by molar-refractivity contribution is 0.477. The van der Waals surface area contributed by atoms with E-state index in [1.165, 1.54) is 6.07 Å². The van der Waals surface area contributed by atoms with Crippen molar-refractivity contribution in [1.29, 1.82) is 0 Å². The Balaban J connectivity index is 0.00000128. The van der Waals surface area contributed by atoms with Crippen molar-refractivity contribution in [2.24, 2.45) is 0 Å². The van der Waals surface area contributed by atoms with Gasteiger partial charge in [0, 0.05) is 23.0 Å². The fourth-order valence-corrected chi connectivity index (χ4v) is 1.50. The minimum absolute atomic E-state index is 0. The number of rotatable bonds is 1. The van der Waals surface area contributed by atoms with E-state index in [2.05, 4.69) is 0 Å². The Morgan fingerprint density at radius 2 is 1.56 bits per heavy atom. The van der Waals surface area contributed by atoms with E-state index in [0.29, 0.717) is 11.4 Å². The van der Waals surface area contributed by atoms with Crippen LogP contribution >= 0.6 is 12.4 Å². The van der Waals surface area contributed by atoms with Crippen LogP contribution in [0.5, 0.6) is 5.75 Å². The van der Waals surface area contributed by atoms with Gasteiger partial charge in [-0.1, -0.05) is 12.1 Å². The molecule has 5 N–H and O–H groups in total. The minimum atomic E-state index is 0. The highest BCUT2D eigenvalue weighted by atomic mass is 35.5. The number of nitrogens with two attached hydrogens (primary N) is 2. The second-order valence-electron chi connectivity index (χ2n) is 3.40. The quantitative estimate of drug-likeness (QED) is 0.667. The van der Waals surface area contributed by atoms with E-state index in [9.17, 15) is 5.11 Å². The number of phenolic OH excluding ortho intramolecular Hbond substituents is 1. The lowest BCUT2D eigenvalue weighted by atomic mass is 10.0. The summed E-state index contributed by atoms with van der Waals surface area (Å²) in [5.41, 5.74) is 14.0. The highest BCUT2D eigenvalue weighted by Gasteiger charge is 2.04. The molecule has 2 aromatic carbocycles. The zero-order chi connectivity index (χ0) is 10.8. The molecule has 0 spiro atoms. The van der Waals surface area contributed by atoms with E-state index in [1.54, 1.807) is 18.2 Å². The average Bonchev–Trinajstić information content (AvgIpc) is 2.17. The number of benzene rings is 2. The summed E-state index contributed by atoms with van der Waals surface area (Å²) in [5, 5.41) is 9.71. The highest BCUT2D eigenvalue weighted by molar-refractivity contribution is 5.85. The summed E-state index contributed by atoms with van der Waals surface area (Å²) in [6.45, 7) is 0. The van der Waals surface area contributed by atoms with Gasteiger partial charge in [0.05, 0.1) is 0 Å². The Hall–Kier alpha value is -1.87. The topological polar surface area (TPSA) is 72.3 Å².